The molecule has 4 nitrogen and oxygen atoms in total. The van der Waals surface area contributed by atoms with Crippen LogP contribution in [0.25, 0.3) is 0 Å². The van der Waals surface area contributed by atoms with Crippen LogP contribution in [-0.4, -0.2) is 26.2 Å². The van der Waals surface area contributed by atoms with Gasteiger partial charge in [-0.05, 0) is 29.2 Å². The number of aromatic nitrogens is 3. The predicted molar refractivity (Wildman–Crippen MR) is 81.1 cm³/mol. The fourth-order valence-electron chi connectivity index (χ4n) is 1.58. The number of aliphatic hydroxyl groups excluding tert-OH is 1. The molecule has 2 aromatic rings. The monoisotopic (exact) mass is 279 g/mol. The van der Waals surface area contributed by atoms with E-state index in [4.69, 9.17) is 0 Å². The third kappa shape index (κ3) is 4.80. The molecule has 0 radical (unpaired) electrons. The van der Waals surface area contributed by atoms with Crippen LogP contribution in [0.2, 0.25) is 0 Å². The molecule has 1 aromatic heterocycles. The topological polar surface area (TPSA) is 50.9 Å². The van der Waals surface area contributed by atoms with Gasteiger partial charge in [-0.2, -0.15) is 0 Å². The summed E-state index contributed by atoms with van der Waals surface area (Å²) in [6, 6.07) is 10.0. The molecule has 1 atom stereocenters. The van der Waals surface area contributed by atoms with E-state index in [1.54, 1.807) is 10.9 Å². The molecule has 4 heteroatoms. The lowest BCUT2D eigenvalue weighted by molar-refractivity contribution is 0.181. The Morgan fingerprint density at radius 1 is 1.19 bits per heavy atom. The third-order valence-corrected chi connectivity index (χ3v) is 2.83. The summed E-state index contributed by atoms with van der Waals surface area (Å²) in [5.41, 5.74) is 1.72. The molecule has 0 bridgehead atoms. The number of aliphatic hydroxyl groups is 1. The van der Waals surface area contributed by atoms with Crippen LogP contribution in [0.4, 0.5) is 0 Å². The zero-order valence-electron chi connectivity index (χ0n) is 12.1. The highest BCUT2D eigenvalue weighted by atomic mass is 16.3. The Bertz CT molecular complexity index is 696. The maximum absolute atomic E-state index is 9.52. The smallest absolute Gasteiger partial charge is 0.156 e. The van der Waals surface area contributed by atoms with Gasteiger partial charge in [0.15, 0.2) is 5.69 Å². The molecule has 2 rings (SSSR count). The average molecular weight is 279 g/mol. The van der Waals surface area contributed by atoms with Crippen molar-refractivity contribution in [1.29, 1.82) is 0 Å². The van der Waals surface area contributed by atoms with E-state index in [0.29, 0.717) is 12.2 Å². The van der Waals surface area contributed by atoms with Gasteiger partial charge in [-0.1, -0.05) is 55.3 Å². The van der Waals surface area contributed by atoms with Crippen molar-refractivity contribution in [2.24, 2.45) is 5.92 Å². The highest BCUT2D eigenvalue weighted by Gasteiger charge is 2.02. The molecule has 0 saturated carbocycles. The van der Waals surface area contributed by atoms with Crippen LogP contribution < -0.4 is 0 Å². The quantitative estimate of drug-likeness (QED) is 0.870. The van der Waals surface area contributed by atoms with Crippen molar-refractivity contribution < 1.29 is 5.11 Å². The van der Waals surface area contributed by atoms with Gasteiger partial charge in [0.25, 0.3) is 0 Å². The molecule has 0 aliphatic heterocycles. The number of hydrogen-bond acceptors (Lipinski definition) is 3. The fourth-order valence-corrected chi connectivity index (χ4v) is 1.58. The van der Waals surface area contributed by atoms with E-state index in [-0.39, 0.29) is 5.92 Å². The van der Waals surface area contributed by atoms with Gasteiger partial charge in [0, 0.05) is 0 Å². The van der Waals surface area contributed by atoms with E-state index in [2.05, 4.69) is 34.0 Å². The highest BCUT2D eigenvalue weighted by Crippen LogP contribution is 2.01. The normalized spacial score (nSPS) is 11.2. The number of benzene rings is 1. The van der Waals surface area contributed by atoms with Crippen molar-refractivity contribution in [3.63, 3.8) is 0 Å². The van der Waals surface area contributed by atoms with Crippen molar-refractivity contribution in [3.8, 4) is 23.7 Å². The molecule has 1 aromatic carbocycles. The van der Waals surface area contributed by atoms with Crippen LogP contribution in [0.1, 0.15) is 25.1 Å². The summed E-state index contributed by atoms with van der Waals surface area (Å²) in [7, 11) is 0. The Hall–Kier alpha value is -2.56. The molecule has 0 aliphatic carbocycles. The van der Waals surface area contributed by atoms with Gasteiger partial charge in [-0.15, -0.1) is 5.10 Å². The van der Waals surface area contributed by atoms with E-state index in [1.807, 2.05) is 44.2 Å². The Kier molecular flexibility index (Phi) is 5.15. The molecule has 0 spiro atoms. The van der Waals surface area contributed by atoms with Gasteiger partial charge in [0.2, 0.25) is 0 Å². The summed E-state index contributed by atoms with van der Waals surface area (Å²) in [6.07, 6.45) is 1.13. The lowest BCUT2D eigenvalue weighted by atomic mass is 10.1. The number of nitrogens with zero attached hydrogens (tertiary/aromatic N) is 3. The van der Waals surface area contributed by atoms with Crippen molar-refractivity contribution in [2.45, 2.75) is 26.5 Å². The number of rotatable bonds is 3. The first-order valence-corrected chi connectivity index (χ1v) is 6.79. The minimum absolute atomic E-state index is 0.103. The van der Waals surface area contributed by atoms with Gasteiger partial charge in [-0.25, -0.2) is 4.68 Å². The van der Waals surface area contributed by atoms with Gasteiger partial charge < -0.3 is 5.11 Å². The Labute approximate surface area is 124 Å². The van der Waals surface area contributed by atoms with Gasteiger partial charge in [0.05, 0.1) is 12.7 Å². The molecule has 0 fully saturated rings. The first-order valence-electron chi connectivity index (χ1n) is 6.79. The first kappa shape index (κ1) is 14.8. The summed E-state index contributed by atoms with van der Waals surface area (Å²) >= 11 is 0. The molecule has 1 N–H and O–H groups in total. The van der Waals surface area contributed by atoms with Crippen LogP contribution in [0.5, 0.6) is 0 Å². The van der Waals surface area contributed by atoms with E-state index >= 15 is 0 Å². The van der Waals surface area contributed by atoms with Crippen molar-refractivity contribution in [1.82, 2.24) is 15.0 Å². The molecular weight excluding hydrogens is 262 g/mol. The highest BCUT2D eigenvalue weighted by molar-refractivity contribution is 5.35. The molecule has 0 saturated heterocycles. The van der Waals surface area contributed by atoms with E-state index < -0.39 is 6.10 Å². The Morgan fingerprint density at radius 3 is 2.67 bits per heavy atom. The van der Waals surface area contributed by atoms with E-state index in [0.717, 1.165) is 5.56 Å². The lowest BCUT2D eigenvalue weighted by Gasteiger charge is -2.04. The standard InChI is InChI=1S/C17H17N3O/c1-14(2)17(21)11-7-6-10-16-13-20(19-18-16)12-15-8-4-3-5-9-15/h3-5,8-9,13-14,17,21H,12H2,1-2H3/t17-/m0/s1. The minimum atomic E-state index is -0.645. The molecular formula is C17H17N3O. The van der Waals surface area contributed by atoms with Crippen LogP contribution in [-0.2, 0) is 6.54 Å². The molecule has 1 heterocycles. The van der Waals surface area contributed by atoms with Crippen molar-refractivity contribution >= 4 is 0 Å². The summed E-state index contributed by atoms with van der Waals surface area (Å²) in [5, 5.41) is 17.5. The van der Waals surface area contributed by atoms with Crippen LogP contribution in [0.3, 0.4) is 0 Å². The summed E-state index contributed by atoms with van der Waals surface area (Å²) in [5.74, 6) is 10.9. The van der Waals surface area contributed by atoms with Gasteiger partial charge >= 0.3 is 0 Å². The van der Waals surface area contributed by atoms with E-state index in [1.165, 1.54) is 0 Å². The second-order valence-electron chi connectivity index (χ2n) is 5.00. The zero-order chi connectivity index (χ0) is 15.1. The third-order valence-electron chi connectivity index (χ3n) is 2.83. The predicted octanol–water partition coefficient (Wildman–Crippen LogP) is 1.70. The van der Waals surface area contributed by atoms with Crippen LogP contribution in [0, 0.1) is 29.6 Å². The molecule has 21 heavy (non-hydrogen) atoms. The Morgan fingerprint density at radius 2 is 1.95 bits per heavy atom. The first-order chi connectivity index (χ1) is 10.1. The molecule has 106 valence electrons. The van der Waals surface area contributed by atoms with Gasteiger partial charge in [0.1, 0.15) is 6.10 Å². The maximum Gasteiger partial charge on any atom is 0.156 e. The largest absolute Gasteiger partial charge is 0.380 e. The summed E-state index contributed by atoms with van der Waals surface area (Å²) < 4.78 is 1.73. The van der Waals surface area contributed by atoms with Crippen molar-refractivity contribution in [3.05, 3.63) is 47.8 Å². The SMILES string of the molecule is CC(C)[C@@H](O)C#CC#Cc1cn(Cc2ccccc2)nn1. The lowest BCUT2D eigenvalue weighted by Crippen LogP contribution is -2.10. The molecule has 0 aliphatic rings. The van der Waals surface area contributed by atoms with Crippen LogP contribution >= 0.6 is 0 Å². The summed E-state index contributed by atoms with van der Waals surface area (Å²) in [6.45, 7) is 4.47. The van der Waals surface area contributed by atoms with Crippen molar-refractivity contribution in [2.75, 3.05) is 0 Å². The average Bonchev–Trinajstić information content (AvgIpc) is 2.92. The molecule has 0 amide bonds. The Balaban J connectivity index is 1.98. The van der Waals surface area contributed by atoms with Gasteiger partial charge in [-0.3, -0.25) is 0 Å². The molecule has 0 unspecified atom stereocenters. The second-order valence-corrected chi connectivity index (χ2v) is 5.00. The second kappa shape index (κ2) is 7.28. The number of hydrogen-bond donors (Lipinski definition) is 1. The minimum Gasteiger partial charge on any atom is -0.380 e. The fraction of sp³-hybridized carbons (Fsp3) is 0.294. The summed E-state index contributed by atoms with van der Waals surface area (Å²) in [4.78, 5) is 0. The van der Waals surface area contributed by atoms with E-state index in [9.17, 15) is 5.11 Å². The van der Waals surface area contributed by atoms with Crippen LogP contribution in [0.15, 0.2) is 36.5 Å². The maximum atomic E-state index is 9.52. The zero-order valence-corrected chi connectivity index (χ0v) is 12.1.